The van der Waals surface area contributed by atoms with Gasteiger partial charge in [-0.3, -0.25) is 4.79 Å². The molecule has 0 aliphatic rings. The Hall–Kier alpha value is -0.600. The molecule has 1 unspecified atom stereocenters. The lowest BCUT2D eigenvalue weighted by Crippen LogP contribution is -2.19. The van der Waals surface area contributed by atoms with Gasteiger partial charge in [0.2, 0.25) is 0 Å². The second-order valence-corrected chi connectivity index (χ2v) is 8.98. The Bertz CT molecular complexity index is 420. The molecule has 0 rings (SSSR count). The number of carbonyl (C=O) groups is 1. The molecule has 1 N–H and O–H groups in total. The van der Waals surface area contributed by atoms with Crippen LogP contribution in [0.4, 0.5) is 0 Å². The SMILES string of the molecule is CCCCCCCCCCCCC(=S)SCC(C)(C#N)CCC(=O)O. The first kappa shape index (κ1) is 24.4. The van der Waals surface area contributed by atoms with Crippen molar-refractivity contribution < 1.29 is 9.90 Å². The van der Waals surface area contributed by atoms with Crippen molar-refractivity contribution in [3.05, 3.63) is 0 Å². The fourth-order valence-electron chi connectivity index (χ4n) is 2.61. The molecule has 144 valence electrons. The number of rotatable bonds is 16. The van der Waals surface area contributed by atoms with E-state index in [1.807, 2.05) is 6.92 Å². The Morgan fingerprint density at radius 2 is 1.56 bits per heavy atom. The third-order valence-corrected chi connectivity index (χ3v) is 6.31. The number of unbranched alkanes of at least 4 members (excludes halogenated alkanes) is 9. The maximum absolute atomic E-state index is 10.7. The minimum Gasteiger partial charge on any atom is -0.481 e. The van der Waals surface area contributed by atoms with Gasteiger partial charge in [0.15, 0.2) is 0 Å². The molecule has 0 aliphatic heterocycles. The number of aliphatic carboxylic acids is 1. The average Bonchev–Trinajstić information content (AvgIpc) is 2.60. The lowest BCUT2D eigenvalue weighted by atomic mass is 9.89. The van der Waals surface area contributed by atoms with Crippen LogP contribution in [-0.4, -0.2) is 21.0 Å². The van der Waals surface area contributed by atoms with Crippen molar-refractivity contribution >= 4 is 34.1 Å². The summed E-state index contributed by atoms with van der Waals surface area (Å²) in [6.45, 7) is 4.08. The molecule has 0 amide bonds. The number of carboxylic acid groups (broad SMARTS) is 1. The van der Waals surface area contributed by atoms with Gasteiger partial charge in [-0.2, -0.15) is 5.26 Å². The van der Waals surface area contributed by atoms with Gasteiger partial charge in [0.05, 0.1) is 11.5 Å². The monoisotopic (exact) mass is 385 g/mol. The van der Waals surface area contributed by atoms with Crippen LogP contribution in [0.2, 0.25) is 0 Å². The van der Waals surface area contributed by atoms with Gasteiger partial charge in [-0.15, -0.1) is 11.8 Å². The van der Waals surface area contributed by atoms with Crippen molar-refractivity contribution in [1.29, 1.82) is 5.26 Å². The predicted octanol–water partition coefficient (Wildman–Crippen LogP) is 6.75. The van der Waals surface area contributed by atoms with Gasteiger partial charge >= 0.3 is 5.97 Å². The zero-order valence-corrected chi connectivity index (χ0v) is 17.7. The summed E-state index contributed by atoms with van der Waals surface area (Å²) in [7, 11) is 0. The van der Waals surface area contributed by atoms with E-state index < -0.39 is 11.4 Å². The van der Waals surface area contributed by atoms with Crippen molar-refractivity contribution in [2.24, 2.45) is 5.41 Å². The van der Waals surface area contributed by atoms with E-state index in [4.69, 9.17) is 17.3 Å². The van der Waals surface area contributed by atoms with Crippen LogP contribution in [-0.2, 0) is 4.79 Å². The fourth-order valence-corrected chi connectivity index (χ4v) is 3.91. The fraction of sp³-hybridized carbons (Fsp3) is 0.850. The topological polar surface area (TPSA) is 61.1 Å². The molecule has 1 atom stereocenters. The molecular weight excluding hydrogens is 350 g/mol. The Morgan fingerprint density at radius 1 is 1.04 bits per heavy atom. The van der Waals surface area contributed by atoms with E-state index in [1.54, 1.807) is 11.8 Å². The van der Waals surface area contributed by atoms with Gasteiger partial charge in [-0.05, 0) is 26.2 Å². The van der Waals surface area contributed by atoms with E-state index in [-0.39, 0.29) is 6.42 Å². The van der Waals surface area contributed by atoms with Crippen LogP contribution in [0.1, 0.15) is 97.3 Å². The molecule has 0 radical (unpaired) electrons. The van der Waals surface area contributed by atoms with Crippen LogP contribution in [0.3, 0.4) is 0 Å². The summed E-state index contributed by atoms with van der Waals surface area (Å²) in [5.41, 5.74) is -0.606. The highest BCUT2D eigenvalue weighted by molar-refractivity contribution is 8.23. The molecule has 25 heavy (non-hydrogen) atoms. The summed E-state index contributed by atoms with van der Waals surface area (Å²) >= 11 is 6.96. The molecule has 3 nitrogen and oxygen atoms in total. The van der Waals surface area contributed by atoms with Crippen LogP contribution in [0, 0.1) is 16.7 Å². The molecule has 0 heterocycles. The summed E-state index contributed by atoms with van der Waals surface area (Å²) in [6, 6.07) is 2.25. The van der Waals surface area contributed by atoms with Gasteiger partial charge in [-0.25, -0.2) is 0 Å². The molecular formula is C20H35NO2S2. The zero-order valence-electron chi connectivity index (χ0n) is 16.0. The van der Waals surface area contributed by atoms with Gasteiger partial charge in [0.1, 0.15) is 0 Å². The molecule has 0 aliphatic carbocycles. The first-order valence-electron chi connectivity index (χ1n) is 9.72. The van der Waals surface area contributed by atoms with Crippen molar-refractivity contribution in [1.82, 2.24) is 0 Å². The minimum absolute atomic E-state index is 0.0375. The number of hydrogen-bond acceptors (Lipinski definition) is 4. The average molecular weight is 386 g/mol. The van der Waals surface area contributed by atoms with E-state index in [9.17, 15) is 10.1 Å². The number of carboxylic acids is 1. The van der Waals surface area contributed by atoms with E-state index >= 15 is 0 Å². The van der Waals surface area contributed by atoms with Crippen molar-refractivity contribution in [3.8, 4) is 6.07 Å². The number of thioether (sulfide) groups is 1. The van der Waals surface area contributed by atoms with E-state index in [0.29, 0.717) is 12.2 Å². The Morgan fingerprint density at radius 3 is 2.04 bits per heavy atom. The molecule has 0 saturated carbocycles. The largest absolute Gasteiger partial charge is 0.481 e. The molecule has 0 aromatic rings. The maximum Gasteiger partial charge on any atom is 0.303 e. The molecule has 0 aromatic heterocycles. The summed E-state index contributed by atoms with van der Waals surface area (Å²) in [5, 5.41) is 18.0. The lowest BCUT2D eigenvalue weighted by molar-refractivity contribution is -0.137. The standard InChI is InChI=1S/C20H35NO2S2/c1-3-4-5-6-7-8-9-10-11-12-13-19(24)25-17-20(2,16-21)15-14-18(22)23/h3-15,17H2,1-2H3,(H,22,23). The Kier molecular flexibility index (Phi) is 15.3. The molecule has 0 aromatic carbocycles. The van der Waals surface area contributed by atoms with Crippen molar-refractivity contribution in [2.75, 3.05) is 5.75 Å². The minimum atomic E-state index is -0.848. The summed E-state index contributed by atoms with van der Waals surface area (Å²) in [4.78, 5) is 10.7. The quantitative estimate of drug-likeness (QED) is 0.235. The molecule has 0 saturated heterocycles. The molecule has 0 spiro atoms. The smallest absolute Gasteiger partial charge is 0.303 e. The summed E-state index contributed by atoms with van der Waals surface area (Å²) in [6.07, 6.45) is 14.5. The highest BCUT2D eigenvalue weighted by atomic mass is 32.2. The van der Waals surface area contributed by atoms with Crippen LogP contribution < -0.4 is 0 Å². The third kappa shape index (κ3) is 15.4. The Labute approximate surface area is 164 Å². The molecule has 0 bridgehead atoms. The van der Waals surface area contributed by atoms with Gasteiger partial charge in [-0.1, -0.05) is 76.9 Å². The highest BCUT2D eigenvalue weighted by Crippen LogP contribution is 2.29. The van der Waals surface area contributed by atoms with E-state index in [0.717, 1.165) is 17.0 Å². The first-order chi connectivity index (χ1) is 11.9. The number of nitriles is 1. The molecule has 5 heteroatoms. The van der Waals surface area contributed by atoms with Gasteiger partial charge in [0, 0.05) is 16.4 Å². The highest BCUT2D eigenvalue weighted by Gasteiger charge is 2.25. The number of nitrogens with zero attached hydrogens (tertiary/aromatic N) is 1. The van der Waals surface area contributed by atoms with Crippen molar-refractivity contribution in [2.45, 2.75) is 97.3 Å². The van der Waals surface area contributed by atoms with Crippen molar-refractivity contribution in [3.63, 3.8) is 0 Å². The van der Waals surface area contributed by atoms with Crippen LogP contribution in [0.25, 0.3) is 0 Å². The lowest BCUT2D eigenvalue weighted by Gasteiger charge is -2.20. The van der Waals surface area contributed by atoms with E-state index in [1.165, 1.54) is 57.8 Å². The van der Waals surface area contributed by atoms with E-state index in [2.05, 4.69) is 13.0 Å². The Balaban J connectivity index is 3.63. The summed E-state index contributed by atoms with van der Waals surface area (Å²) < 4.78 is 0.955. The van der Waals surface area contributed by atoms with Crippen LogP contribution in [0.5, 0.6) is 0 Å². The summed E-state index contributed by atoms with van der Waals surface area (Å²) in [5.74, 6) is -0.257. The van der Waals surface area contributed by atoms with Gasteiger partial charge in [0.25, 0.3) is 0 Å². The first-order valence-corrected chi connectivity index (χ1v) is 11.1. The van der Waals surface area contributed by atoms with Gasteiger partial charge < -0.3 is 5.11 Å². The number of thiocarbonyl (C=S) groups is 1. The second-order valence-electron chi connectivity index (χ2n) is 7.16. The predicted molar refractivity (Wildman–Crippen MR) is 112 cm³/mol. The maximum atomic E-state index is 10.7. The zero-order chi connectivity index (χ0) is 19.0. The van der Waals surface area contributed by atoms with Crippen LogP contribution >= 0.6 is 24.0 Å². The second kappa shape index (κ2) is 15.6. The third-order valence-electron chi connectivity index (χ3n) is 4.45. The van der Waals surface area contributed by atoms with Crippen LogP contribution in [0.15, 0.2) is 0 Å². The normalized spacial score (nSPS) is 13.2. The number of hydrogen-bond donors (Lipinski definition) is 1. The molecule has 0 fully saturated rings.